The number of ether oxygens (including phenoxy) is 1. The van der Waals surface area contributed by atoms with Crippen molar-refractivity contribution in [2.45, 2.75) is 58.0 Å². The van der Waals surface area contributed by atoms with E-state index in [4.69, 9.17) is 4.74 Å². The Labute approximate surface area is 154 Å². The van der Waals surface area contributed by atoms with Crippen LogP contribution >= 0.6 is 0 Å². The number of hydrogen-bond donors (Lipinski definition) is 0. The first kappa shape index (κ1) is 18.6. The summed E-state index contributed by atoms with van der Waals surface area (Å²) in [6.07, 6.45) is 8.01. The zero-order chi connectivity index (χ0) is 18.5. The summed E-state index contributed by atoms with van der Waals surface area (Å²) in [6, 6.07) is 2.23. The lowest BCUT2D eigenvalue weighted by Gasteiger charge is -2.39. The quantitative estimate of drug-likeness (QED) is 0.765. The third-order valence-electron chi connectivity index (χ3n) is 5.48. The molecule has 2 fully saturated rings. The fraction of sp³-hybridized carbons (Fsp3) is 0.684. The molecule has 0 radical (unpaired) electrons. The Morgan fingerprint density at radius 2 is 1.69 bits per heavy atom. The number of esters is 1. The van der Waals surface area contributed by atoms with Crippen molar-refractivity contribution >= 4 is 17.8 Å². The number of carbonyl (C=O) groups excluding carboxylic acids is 2. The number of nitrogens with zero attached hydrogens (tertiary/aromatic N) is 4. The van der Waals surface area contributed by atoms with Gasteiger partial charge < -0.3 is 14.5 Å². The van der Waals surface area contributed by atoms with Crippen LogP contribution in [0.5, 0.6) is 0 Å². The molecule has 0 N–H and O–H groups in total. The molecule has 2 aliphatic heterocycles. The Kier molecular flexibility index (Phi) is 6.06. The number of carbonyl (C=O) groups is 2. The lowest BCUT2D eigenvalue weighted by Crippen LogP contribution is -2.49. The van der Waals surface area contributed by atoms with Gasteiger partial charge in [0.05, 0.1) is 5.92 Å². The number of piperidine rings is 2. The molecule has 1 aromatic rings. The molecule has 2 saturated heterocycles. The van der Waals surface area contributed by atoms with Gasteiger partial charge in [0.25, 0.3) is 5.91 Å². The molecule has 2 unspecified atom stereocenters. The predicted octanol–water partition coefficient (Wildman–Crippen LogP) is 2.03. The molecule has 26 heavy (non-hydrogen) atoms. The van der Waals surface area contributed by atoms with E-state index in [0.717, 1.165) is 32.4 Å². The topological polar surface area (TPSA) is 75.6 Å². The van der Waals surface area contributed by atoms with Crippen molar-refractivity contribution in [1.82, 2.24) is 14.9 Å². The summed E-state index contributed by atoms with van der Waals surface area (Å²) in [7, 11) is 0. The highest BCUT2D eigenvalue weighted by Crippen LogP contribution is 2.24. The summed E-state index contributed by atoms with van der Waals surface area (Å²) in [5, 5.41) is 0. The highest BCUT2D eigenvalue weighted by Gasteiger charge is 2.31. The average Bonchev–Trinajstić information content (AvgIpc) is 2.67. The van der Waals surface area contributed by atoms with Gasteiger partial charge in [-0.2, -0.15) is 0 Å². The molecule has 7 nitrogen and oxygen atoms in total. The fourth-order valence-electron chi connectivity index (χ4n) is 4.01. The van der Waals surface area contributed by atoms with Crippen LogP contribution in [0.3, 0.4) is 0 Å². The van der Waals surface area contributed by atoms with Crippen LogP contribution in [0.1, 0.15) is 46.0 Å². The van der Waals surface area contributed by atoms with Crippen molar-refractivity contribution in [3.8, 4) is 0 Å². The number of anilines is 1. The standard InChI is InChI=1S/C19H28N4O3/c1-14-5-3-6-15(2)23(14)17(24)13-26-18(25)16-7-11-22(12-8-16)19-20-9-4-10-21-19/h4,9-10,14-16H,3,5-8,11-13H2,1-2H3. The zero-order valence-electron chi connectivity index (χ0n) is 15.6. The van der Waals surface area contributed by atoms with E-state index in [1.54, 1.807) is 18.5 Å². The van der Waals surface area contributed by atoms with Crippen LogP contribution in [0.25, 0.3) is 0 Å². The van der Waals surface area contributed by atoms with E-state index in [-0.39, 0.29) is 36.5 Å². The normalized spacial score (nSPS) is 24.4. The van der Waals surface area contributed by atoms with E-state index in [1.807, 2.05) is 4.90 Å². The molecular formula is C19H28N4O3. The third kappa shape index (κ3) is 4.31. The maximum absolute atomic E-state index is 12.5. The lowest BCUT2D eigenvalue weighted by atomic mass is 9.97. The van der Waals surface area contributed by atoms with Crippen molar-refractivity contribution in [3.63, 3.8) is 0 Å². The van der Waals surface area contributed by atoms with E-state index in [9.17, 15) is 9.59 Å². The van der Waals surface area contributed by atoms with Gasteiger partial charge in [-0.3, -0.25) is 9.59 Å². The van der Waals surface area contributed by atoms with E-state index >= 15 is 0 Å². The van der Waals surface area contributed by atoms with Crippen LogP contribution in [-0.4, -0.2) is 58.5 Å². The number of hydrogen-bond acceptors (Lipinski definition) is 6. The molecule has 0 aromatic carbocycles. The van der Waals surface area contributed by atoms with Crippen LogP contribution in [-0.2, 0) is 14.3 Å². The molecule has 142 valence electrons. The SMILES string of the molecule is CC1CCCC(C)N1C(=O)COC(=O)C1CCN(c2ncccn2)CC1. The van der Waals surface area contributed by atoms with Crippen molar-refractivity contribution in [2.75, 3.05) is 24.6 Å². The van der Waals surface area contributed by atoms with Crippen LogP contribution < -0.4 is 4.90 Å². The Bertz CT molecular complexity index is 606. The van der Waals surface area contributed by atoms with E-state index in [2.05, 4.69) is 28.7 Å². The van der Waals surface area contributed by atoms with Gasteiger partial charge in [-0.15, -0.1) is 0 Å². The van der Waals surface area contributed by atoms with Crippen molar-refractivity contribution < 1.29 is 14.3 Å². The summed E-state index contributed by atoms with van der Waals surface area (Å²) in [4.78, 5) is 37.3. The number of amides is 1. The van der Waals surface area contributed by atoms with E-state index < -0.39 is 0 Å². The first-order valence-electron chi connectivity index (χ1n) is 9.56. The van der Waals surface area contributed by atoms with Gasteiger partial charge in [-0.05, 0) is 52.0 Å². The minimum Gasteiger partial charge on any atom is -0.455 e. The number of rotatable bonds is 4. The molecule has 0 saturated carbocycles. The smallest absolute Gasteiger partial charge is 0.309 e. The Morgan fingerprint density at radius 1 is 1.08 bits per heavy atom. The van der Waals surface area contributed by atoms with Gasteiger partial charge in [-0.1, -0.05) is 0 Å². The monoisotopic (exact) mass is 360 g/mol. The van der Waals surface area contributed by atoms with Crippen molar-refractivity contribution in [1.29, 1.82) is 0 Å². The minimum atomic E-state index is -0.260. The van der Waals surface area contributed by atoms with Gasteiger partial charge in [0.2, 0.25) is 5.95 Å². The summed E-state index contributed by atoms with van der Waals surface area (Å²) < 4.78 is 5.35. The Morgan fingerprint density at radius 3 is 2.31 bits per heavy atom. The molecule has 1 amide bonds. The van der Waals surface area contributed by atoms with Gasteiger partial charge in [0.1, 0.15) is 0 Å². The molecule has 3 heterocycles. The second-order valence-corrected chi connectivity index (χ2v) is 7.35. The predicted molar refractivity (Wildman–Crippen MR) is 97.5 cm³/mol. The first-order chi connectivity index (χ1) is 12.6. The molecular weight excluding hydrogens is 332 g/mol. The molecule has 2 atom stereocenters. The number of aromatic nitrogens is 2. The largest absolute Gasteiger partial charge is 0.455 e. The molecule has 0 spiro atoms. The Balaban J connectivity index is 1.45. The third-order valence-corrected chi connectivity index (χ3v) is 5.48. The van der Waals surface area contributed by atoms with E-state index in [1.165, 1.54) is 0 Å². The van der Waals surface area contributed by atoms with Gasteiger partial charge >= 0.3 is 5.97 Å². The summed E-state index contributed by atoms with van der Waals surface area (Å²) in [5.74, 6) is 0.207. The second kappa shape index (κ2) is 8.47. The highest BCUT2D eigenvalue weighted by atomic mass is 16.5. The molecule has 0 aliphatic carbocycles. The Hall–Kier alpha value is -2.18. The molecule has 1 aromatic heterocycles. The summed E-state index contributed by atoms with van der Waals surface area (Å²) in [6.45, 7) is 5.43. The maximum Gasteiger partial charge on any atom is 0.309 e. The van der Waals surface area contributed by atoms with Crippen LogP contribution in [0.2, 0.25) is 0 Å². The number of likely N-dealkylation sites (tertiary alicyclic amines) is 1. The highest BCUT2D eigenvalue weighted by molar-refractivity contribution is 5.82. The van der Waals surface area contributed by atoms with E-state index in [0.29, 0.717) is 18.8 Å². The second-order valence-electron chi connectivity index (χ2n) is 7.35. The molecule has 3 rings (SSSR count). The van der Waals surface area contributed by atoms with Gasteiger partial charge in [0.15, 0.2) is 6.61 Å². The maximum atomic E-state index is 12.5. The van der Waals surface area contributed by atoms with Crippen LogP contribution in [0.15, 0.2) is 18.5 Å². The first-order valence-corrected chi connectivity index (χ1v) is 9.56. The van der Waals surface area contributed by atoms with Gasteiger partial charge in [-0.25, -0.2) is 9.97 Å². The minimum absolute atomic E-state index is 0.0758. The summed E-state index contributed by atoms with van der Waals surface area (Å²) >= 11 is 0. The van der Waals surface area contributed by atoms with Gasteiger partial charge in [0, 0.05) is 37.6 Å². The lowest BCUT2D eigenvalue weighted by molar-refractivity contribution is -0.158. The van der Waals surface area contributed by atoms with Crippen molar-refractivity contribution in [3.05, 3.63) is 18.5 Å². The van der Waals surface area contributed by atoms with Crippen molar-refractivity contribution in [2.24, 2.45) is 5.92 Å². The average molecular weight is 360 g/mol. The summed E-state index contributed by atoms with van der Waals surface area (Å²) in [5.41, 5.74) is 0. The van der Waals surface area contributed by atoms with Crippen LogP contribution in [0.4, 0.5) is 5.95 Å². The van der Waals surface area contributed by atoms with Crippen LogP contribution in [0, 0.1) is 5.92 Å². The molecule has 0 bridgehead atoms. The molecule has 2 aliphatic rings. The molecule has 7 heteroatoms. The zero-order valence-corrected chi connectivity index (χ0v) is 15.6. The fourth-order valence-corrected chi connectivity index (χ4v) is 4.01.